The van der Waals surface area contributed by atoms with E-state index in [0.717, 1.165) is 31.5 Å². The third-order valence-electron chi connectivity index (χ3n) is 2.01. The van der Waals surface area contributed by atoms with Crippen LogP contribution in [-0.2, 0) is 6.54 Å². The highest BCUT2D eigenvalue weighted by atomic mass is 35.5. The molecular weight excluding hydrogens is 210 g/mol. The number of nitrogens with zero attached hydrogens (tertiary/aromatic N) is 2. The van der Waals surface area contributed by atoms with Gasteiger partial charge in [0.1, 0.15) is 5.15 Å². The van der Waals surface area contributed by atoms with Gasteiger partial charge >= 0.3 is 0 Å². The number of nitriles is 1. The Morgan fingerprint density at radius 3 is 2.93 bits per heavy atom. The first-order valence-corrected chi connectivity index (χ1v) is 5.39. The standard InChI is InChI=1S/C11H14ClN3/c12-11-5-4-10(9-15-11)8-14-7-3-1-2-6-13/h4-5,9,14H,1-3,7-8H2. The van der Waals surface area contributed by atoms with Crippen LogP contribution in [0.15, 0.2) is 18.3 Å². The molecule has 0 fully saturated rings. The van der Waals surface area contributed by atoms with E-state index in [2.05, 4.69) is 16.4 Å². The average Bonchev–Trinajstić information content (AvgIpc) is 2.26. The summed E-state index contributed by atoms with van der Waals surface area (Å²) in [7, 11) is 0. The second kappa shape index (κ2) is 7.22. The lowest BCUT2D eigenvalue weighted by Gasteiger charge is -2.03. The molecule has 0 aromatic carbocycles. The third-order valence-corrected chi connectivity index (χ3v) is 2.23. The first-order chi connectivity index (χ1) is 7.33. The Labute approximate surface area is 95.1 Å². The van der Waals surface area contributed by atoms with Crippen LogP contribution in [0, 0.1) is 11.3 Å². The van der Waals surface area contributed by atoms with Crippen molar-refractivity contribution in [2.24, 2.45) is 0 Å². The van der Waals surface area contributed by atoms with Crippen molar-refractivity contribution in [3.05, 3.63) is 29.0 Å². The highest BCUT2D eigenvalue weighted by molar-refractivity contribution is 6.29. The van der Waals surface area contributed by atoms with E-state index < -0.39 is 0 Å². The molecule has 15 heavy (non-hydrogen) atoms. The number of hydrogen-bond donors (Lipinski definition) is 1. The average molecular weight is 224 g/mol. The molecule has 1 aromatic rings. The summed E-state index contributed by atoms with van der Waals surface area (Å²) in [5, 5.41) is 12.1. The predicted octanol–water partition coefficient (Wildman–Crippen LogP) is 2.52. The summed E-state index contributed by atoms with van der Waals surface area (Å²) in [5.74, 6) is 0. The van der Waals surface area contributed by atoms with E-state index >= 15 is 0 Å². The van der Waals surface area contributed by atoms with E-state index in [9.17, 15) is 0 Å². The van der Waals surface area contributed by atoms with Crippen molar-refractivity contribution in [3.63, 3.8) is 0 Å². The van der Waals surface area contributed by atoms with E-state index in [1.54, 1.807) is 12.3 Å². The predicted molar refractivity (Wildman–Crippen MR) is 60.4 cm³/mol. The summed E-state index contributed by atoms with van der Waals surface area (Å²) < 4.78 is 0. The van der Waals surface area contributed by atoms with Crippen LogP contribution >= 0.6 is 11.6 Å². The van der Waals surface area contributed by atoms with E-state index in [0.29, 0.717) is 11.6 Å². The molecule has 0 aliphatic carbocycles. The van der Waals surface area contributed by atoms with E-state index in [1.165, 1.54) is 0 Å². The fourth-order valence-electron chi connectivity index (χ4n) is 1.20. The molecule has 0 atom stereocenters. The Hall–Kier alpha value is -1.11. The van der Waals surface area contributed by atoms with Crippen LogP contribution in [0.4, 0.5) is 0 Å². The summed E-state index contributed by atoms with van der Waals surface area (Å²) in [6.45, 7) is 1.74. The Balaban J connectivity index is 2.10. The number of aromatic nitrogens is 1. The van der Waals surface area contributed by atoms with Crippen molar-refractivity contribution in [2.75, 3.05) is 6.54 Å². The minimum Gasteiger partial charge on any atom is -0.313 e. The van der Waals surface area contributed by atoms with Crippen molar-refractivity contribution in [3.8, 4) is 6.07 Å². The van der Waals surface area contributed by atoms with Crippen molar-refractivity contribution < 1.29 is 0 Å². The van der Waals surface area contributed by atoms with Gasteiger partial charge in [-0.1, -0.05) is 17.7 Å². The van der Waals surface area contributed by atoms with Gasteiger partial charge in [0.15, 0.2) is 0 Å². The van der Waals surface area contributed by atoms with E-state index in [1.807, 2.05) is 6.07 Å². The molecule has 0 spiro atoms. The number of rotatable bonds is 6. The highest BCUT2D eigenvalue weighted by Gasteiger charge is 1.93. The molecule has 1 heterocycles. The molecule has 0 amide bonds. The molecule has 0 unspecified atom stereocenters. The maximum Gasteiger partial charge on any atom is 0.129 e. The van der Waals surface area contributed by atoms with Crippen LogP contribution in [0.25, 0.3) is 0 Å². The minimum absolute atomic E-state index is 0.521. The van der Waals surface area contributed by atoms with Crippen molar-refractivity contribution in [1.29, 1.82) is 5.26 Å². The maximum absolute atomic E-state index is 8.34. The number of halogens is 1. The molecule has 1 aromatic heterocycles. The van der Waals surface area contributed by atoms with Gasteiger partial charge in [0.05, 0.1) is 6.07 Å². The molecule has 3 nitrogen and oxygen atoms in total. The largest absolute Gasteiger partial charge is 0.313 e. The van der Waals surface area contributed by atoms with Crippen LogP contribution in [0.2, 0.25) is 5.15 Å². The molecule has 80 valence electrons. The van der Waals surface area contributed by atoms with Gasteiger partial charge in [0.2, 0.25) is 0 Å². The summed E-state index contributed by atoms with van der Waals surface area (Å²) in [4.78, 5) is 3.99. The lowest BCUT2D eigenvalue weighted by Crippen LogP contribution is -2.14. The van der Waals surface area contributed by atoms with Crippen molar-refractivity contribution >= 4 is 11.6 Å². The quantitative estimate of drug-likeness (QED) is 0.596. The van der Waals surface area contributed by atoms with E-state index in [4.69, 9.17) is 16.9 Å². The lowest BCUT2D eigenvalue weighted by molar-refractivity contribution is 0.628. The molecule has 1 rings (SSSR count). The molecule has 0 aliphatic rings. The number of unbranched alkanes of at least 4 members (excludes halogenated alkanes) is 2. The van der Waals surface area contributed by atoms with E-state index in [-0.39, 0.29) is 0 Å². The second-order valence-corrected chi connectivity index (χ2v) is 3.67. The zero-order valence-corrected chi connectivity index (χ0v) is 9.30. The summed E-state index contributed by atoms with van der Waals surface area (Å²) in [6.07, 6.45) is 4.41. The normalized spacial score (nSPS) is 9.87. The molecule has 1 N–H and O–H groups in total. The Morgan fingerprint density at radius 2 is 2.27 bits per heavy atom. The summed E-state index contributed by atoms with van der Waals surface area (Å²) >= 11 is 5.67. The fourth-order valence-corrected chi connectivity index (χ4v) is 1.31. The zero-order chi connectivity index (χ0) is 10.9. The Kier molecular flexibility index (Phi) is 5.76. The Bertz CT molecular complexity index is 316. The fraction of sp³-hybridized carbons (Fsp3) is 0.455. The monoisotopic (exact) mass is 223 g/mol. The van der Waals surface area contributed by atoms with Gasteiger partial charge in [-0.25, -0.2) is 4.98 Å². The first kappa shape index (κ1) is 12.0. The molecule has 0 bridgehead atoms. The molecule has 0 radical (unpaired) electrons. The van der Waals surface area contributed by atoms with Gasteiger partial charge in [-0.05, 0) is 31.0 Å². The van der Waals surface area contributed by atoms with Crippen LogP contribution in [0.5, 0.6) is 0 Å². The number of pyridine rings is 1. The zero-order valence-electron chi connectivity index (χ0n) is 8.54. The van der Waals surface area contributed by atoms with Crippen molar-refractivity contribution in [1.82, 2.24) is 10.3 Å². The molecular formula is C11H14ClN3. The van der Waals surface area contributed by atoms with Gasteiger partial charge in [0.25, 0.3) is 0 Å². The third kappa shape index (κ3) is 5.36. The number of nitrogens with one attached hydrogen (secondary N) is 1. The van der Waals surface area contributed by atoms with Crippen LogP contribution < -0.4 is 5.32 Å². The van der Waals surface area contributed by atoms with Gasteiger partial charge in [-0.2, -0.15) is 5.26 Å². The SMILES string of the molecule is N#CCCCCNCc1ccc(Cl)nc1. The topological polar surface area (TPSA) is 48.7 Å². The van der Waals surface area contributed by atoms with Gasteiger partial charge < -0.3 is 5.32 Å². The van der Waals surface area contributed by atoms with Crippen LogP contribution in [0.3, 0.4) is 0 Å². The van der Waals surface area contributed by atoms with Crippen LogP contribution in [-0.4, -0.2) is 11.5 Å². The summed E-state index contributed by atoms with van der Waals surface area (Å²) in [5.41, 5.74) is 1.12. The lowest BCUT2D eigenvalue weighted by atomic mass is 10.2. The maximum atomic E-state index is 8.34. The molecule has 0 saturated carbocycles. The number of hydrogen-bond acceptors (Lipinski definition) is 3. The first-order valence-electron chi connectivity index (χ1n) is 5.01. The highest BCUT2D eigenvalue weighted by Crippen LogP contribution is 2.04. The molecule has 0 saturated heterocycles. The molecule has 0 aliphatic heterocycles. The van der Waals surface area contributed by atoms with Gasteiger partial charge in [-0.15, -0.1) is 0 Å². The summed E-state index contributed by atoms with van der Waals surface area (Å²) in [6, 6.07) is 5.87. The van der Waals surface area contributed by atoms with Crippen LogP contribution in [0.1, 0.15) is 24.8 Å². The molecule has 4 heteroatoms. The smallest absolute Gasteiger partial charge is 0.129 e. The Morgan fingerprint density at radius 1 is 1.40 bits per heavy atom. The second-order valence-electron chi connectivity index (χ2n) is 3.28. The van der Waals surface area contributed by atoms with Crippen molar-refractivity contribution in [2.45, 2.75) is 25.8 Å². The van der Waals surface area contributed by atoms with Gasteiger partial charge in [-0.3, -0.25) is 0 Å². The van der Waals surface area contributed by atoms with Gasteiger partial charge in [0, 0.05) is 19.2 Å². The minimum atomic E-state index is 0.521.